The van der Waals surface area contributed by atoms with Crippen molar-refractivity contribution in [2.24, 2.45) is 0 Å². The Hall–Kier alpha value is -1.91. The Morgan fingerprint density at radius 1 is 1.04 bits per heavy atom. The van der Waals surface area contributed by atoms with Crippen molar-refractivity contribution < 1.29 is 14.0 Å². The molecule has 1 aliphatic heterocycles. The van der Waals surface area contributed by atoms with E-state index in [1.165, 1.54) is 18.6 Å². The standard InChI is InChI=1S/C21H29FN2O2/c22-18-12-10-17(11-13-18)15-24(19-7-3-1-4-8-19)21(26)16-23-14-6-2-5-9-20(23)25/h10-13,19H,1-9,14-16H2. The molecule has 4 nitrogen and oxygen atoms in total. The van der Waals surface area contributed by atoms with Gasteiger partial charge in [-0.3, -0.25) is 9.59 Å². The normalized spacial score (nSPS) is 19.3. The van der Waals surface area contributed by atoms with Gasteiger partial charge in [-0.05, 0) is 43.4 Å². The first kappa shape index (κ1) is 18.9. The van der Waals surface area contributed by atoms with Gasteiger partial charge in [-0.25, -0.2) is 4.39 Å². The number of halogens is 1. The highest BCUT2D eigenvalue weighted by molar-refractivity contribution is 5.85. The smallest absolute Gasteiger partial charge is 0.242 e. The van der Waals surface area contributed by atoms with Crippen molar-refractivity contribution in [2.75, 3.05) is 13.1 Å². The van der Waals surface area contributed by atoms with Gasteiger partial charge < -0.3 is 9.80 Å². The topological polar surface area (TPSA) is 40.6 Å². The Morgan fingerprint density at radius 3 is 2.46 bits per heavy atom. The SMILES string of the molecule is O=C1CCCCCN1CC(=O)N(Cc1ccc(F)cc1)C1CCCCC1. The molecule has 5 heteroatoms. The van der Waals surface area contributed by atoms with Gasteiger partial charge in [-0.15, -0.1) is 0 Å². The first-order chi connectivity index (χ1) is 12.6. The second-order valence-corrected chi connectivity index (χ2v) is 7.57. The molecule has 1 heterocycles. The molecule has 0 bridgehead atoms. The molecule has 0 spiro atoms. The number of amides is 2. The predicted octanol–water partition coefficient (Wildman–Crippen LogP) is 3.89. The van der Waals surface area contributed by atoms with Gasteiger partial charge in [0.05, 0.1) is 6.54 Å². The summed E-state index contributed by atoms with van der Waals surface area (Å²) in [4.78, 5) is 29.0. The minimum Gasteiger partial charge on any atom is -0.334 e. The van der Waals surface area contributed by atoms with E-state index < -0.39 is 0 Å². The lowest BCUT2D eigenvalue weighted by Gasteiger charge is -2.36. The molecule has 0 N–H and O–H groups in total. The lowest BCUT2D eigenvalue weighted by molar-refractivity contribution is -0.142. The lowest BCUT2D eigenvalue weighted by Crippen LogP contribution is -2.47. The summed E-state index contributed by atoms with van der Waals surface area (Å²) in [5.41, 5.74) is 0.938. The molecular weight excluding hydrogens is 331 g/mol. The van der Waals surface area contributed by atoms with Crippen LogP contribution in [0.25, 0.3) is 0 Å². The van der Waals surface area contributed by atoms with Crippen molar-refractivity contribution in [3.05, 3.63) is 35.6 Å². The van der Waals surface area contributed by atoms with Gasteiger partial charge >= 0.3 is 0 Å². The molecule has 1 aromatic rings. The number of benzene rings is 1. The van der Waals surface area contributed by atoms with Crippen molar-refractivity contribution in [1.82, 2.24) is 9.80 Å². The summed E-state index contributed by atoms with van der Waals surface area (Å²) in [6.45, 7) is 1.35. The number of rotatable bonds is 5. The third-order valence-electron chi connectivity index (χ3n) is 5.60. The Labute approximate surface area is 155 Å². The highest BCUT2D eigenvalue weighted by Gasteiger charge is 2.28. The molecular formula is C21H29FN2O2. The number of carbonyl (C=O) groups excluding carboxylic acids is 2. The van der Waals surface area contributed by atoms with E-state index in [9.17, 15) is 14.0 Å². The molecule has 1 aliphatic carbocycles. The molecule has 1 saturated carbocycles. The van der Waals surface area contributed by atoms with Crippen LogP contribution in [0.2, 0.25) is 0 Å². The van der Waals surface area contributed by atoms with Gasteiger partial charge in [0.2, 0.25) is 11.8 Å². The van der Waals surface area contributed by atoms with Crippen LogP contribution in [0.3, 0.4) is 0 Å². The van der Waals surface area contributed by atoms with Crippen LogP contribution in [0.4, 0.5) is 4.39 Å². The first-order valence-electron chi connectivity index (χ1n) is 9.95. The monoisotopic (exact) mass is 360 g/mol. The first-order valence-corrected chi connectivity index (χ1v) is 9.95. The molecule has 0 atom stereocenters. The van der Waals surface area contributed by atoms with Crippen LogP contribution in [-0.4, -0.2) is 40.7 Å². The number of nitrogens with zero attached hydrogens (tertiary/aromatic N) is 2. The summed E-state index contributed by atoms with van der Waals surface area (Å²) in [5, 5.41) is 0. The second-order valence-electron chi connectivity index (χ2n) is 7.57. The Morgan fingerprint density at radius 2 is 1.73 bits per heavy atom. The molecule has 2 fully saturated rings. The van der Waals surface area contributed by atoms with Gasteiger partial charge in [0.1, 0.15) is 5.82 Å². The van der Waals surface area contributed by atoms with Crippen LogP contribution < -0.4 is 0 Å². The van der Waals surface area contributed by atoms with E-state index in [1.54, 1.807) is 17.0 Å². The maximum atomic E-state index is 13.2. The molecule has 2 amide bonds. The van der Waals surface area contributed by atoms with Gasteiger partial charge in [-0.1, -0.05) is 37.8 Å². The summed E-state index contributed by atoms with van der Waals surface area (Å²) in [6, 6.07) is 6.60. The van der Waals surface area contributed by atoms with E-state index >= 15 is 0 Å². The molecule has 0 aromatic heterocycles. The molecule has 1 saturated heterocycles. The Kier molecular flexibility index (Phi) is 6.64. The van der Waals surface area contributed by atoms with Crippen molar-refractivity contribution in [2.45, 2.75) is 70.4 Å². The van der Waals surface area contributed by atoms with Crippen LogP contribution in [0.15, 0.2) is 24.3 Å². The fourth-order valence-electron chi connectivity index (χ4n) is 4.06. The minimum absolute atomic E-state index is 0.0245. The van der Waals surface area contributed by atoms with E-state index in [1.807, 2.05) is 4.90 Å². The minimum atomic E-state index is -0.264. The van der Waals surface area contributed by atoms with Gasteiger partial charge in [0.15, 0.2) is 0 Å². The molecule has 0 unspecified atom stereocenters. The van der Waals surface area contributed by atoms with Crippen LogP contribution in [0, 0.1) is 5.82 Å². The van der Waals surface area contributed by atoms with Crippen LogP contribution >= 0.6 is 0 Å². The molecule has 0 radical (unpaired) electrons. The lowest BCUT2D eigenvalue weighted by atomic mass is 9.93. The van der Waals surface area contributed by atoms with Crippen molar-refractivity contribution in [1.29, 1.82) is 0 Å². The largest absolute Gasteiger partial charge is 0.334 e. The van der Waals surface area contributed by atoms with E-state index in [0.717, 1.165) is 50.5 Å². The van der Waals surface area contributed by atoms with Crippen LogP contribution in [0.1, 0.15) is 63.4 Å². The van der Waals surface area contributed by atoms with E-state index in [4.69, 9.17) is 0 Å². The van der Waals surface area contributed by atoms with Crippen molar-refractivity contribution in [3.8, 4) is 0 Å². The van der Waals surface area contributed by atoms with Crippen LogP contribution in [0.5, 0.6) is 0 Å². The van der Waals surface area contributed by atoms with E-state index in [2.05, 4.69) is 0 Å². The maximum Gasteiger partial charge on any atom is 0.242 e. The third kappa shape index (κ3) is 5.05. The zero-order valence-corrected chi connectivity index (χ0v) is 15.5. The van der Waals surface area contributed by atoms with Gasteiger partial charge in [-0.2, -0.15) is 0 Å². The quantitative estimate of drug-likeness (QED) is 0.799. The highest BCUT2D eigenvalue weighted by atomic mass is 19.1. The summed E-state index contributed by atoms with van der Waals surface area (Å²) >= 11 is 0. The third-order valence-corrected chi connectivity index (χ3v) is 5.60. The highest BCUT2D eigenvalue weighted by Crippen LogP contribution is 2.25. The second kappa shape index (κ2) is 9.15. The average molecular weight is 360 g/mol. The van der Waals surface area contributed by atoms with Gasteiger partial charge in [0.25, 0.3) is 0 Å². The Bertz CT molecular complexity index is 611. The summed E-state index contributed by atoms with van der Waals surface area (Å²) < 4.78 is 13.2. The number of carbonyl (C=O) groups is 2. The van der Waals surface area contributed by atoms with Crippen molar-refractivity contribution in [3.63, 3.8) is 0 Å². The van der Waals surface area contributed by atoms with Crippen molar-refractivity contribution >= 4 is 11.8 Å². The molecule has 2 aliphatic rings. The predicted molar refractivity (Wildman–Crippen MR) is 98.9 cm³/mol. The van der Waals surface area contributed by atoms with Crippen LogP contribution in [-0.2, 0) is 16.1 Å². The molecule has 3 rings (SSSR count). The Balaban J connectivity index is 1.71. The zero-order valence-electron chi connectivity index (χ0n) is 15.5. The van der Waals surface area contributed by atoms with Gasteiger partial charge in [0, 0.05) is 25.6 Å². The summed E-state index contributed by atoms with van der Waals surface area (Å²) in [7, 11) is 0. The number of hydrogen-bond donors (Lipinski definition) is 0. The fraction of sp³-hybridized carbons (Fsp3) is 0.619. The number of likely N-dealkylation sites (tertiary alicyclic amines) is 1. The average Bonchev–Trinajstić information content (AvgIpc) is 2.86. The molecule has 26 heavy (non-hydrogen) atoms. The summed E-state index contributed by atoms with van der Waals surface area (Å²) in [5.74, 6) is -0.142. The fourth-order valence-corrected chi connectivity index (χ4v) is 4.06. The maximum absolute atomic E-state index is 13.2. The molecule has 1 aromatic carbocycles. The van der Waals surface area contributed by atoms with E-state index in [-0.39, 0.29) is 30.2 Å². The number of hydrogen-bond acceptors (Lipinski definition) is 2. The summed E-state index contributed by atoms with van der Waals surface area (Å²) in [6.07, 6.45) is 9.03. The van der Waals surface area contributed by atoms with E-state index in [0.29, 0.717) is 19.5 Å². The zero-order chi connectivity index (χ0) is 18.4. The molecule has 142 valence electrons.